The van der Waals surface area contributed by atoms with Crippen molar-refractivity contribution in [1.82, 2.24) is 20.3 Å². The normalized spacial score (nSPS) is 10.2. The molecule has 0 aliphatic carbocycles. The van der Waals surface area contributed by atoms with Crippen molar-refractivity contribution in [2.24, 2.45) is 0 Å². The molecule has 3 N–H and O–H groups in total. The van der Waals surface area contributed by atoms with Gasteiger partial charge in [0.1, 0.15) is 23.8 Å². The molecule has 0 radical (unpaired) electrons. The molecular formula is C16H22N6O. The predicted octanol–water partition coefficient (Wildman–Crippen LogP) is 2.25. The average molecular weight is 314 g/mol. The molecule has 23 heavy (non-hydrogen) atoms. The SMILES string of the molecule is CCCC(=O)NCCNc1cc(Nc2cc(C)ccn2)ncn1. The van der Waals surface area contributed by atoms with Crippen molar-refractivity contribution in [2.75, 3.05) is 23.7 Å². The van der Waals surface area contributed by atoms with E-state index in [2.05, 4.69) is 30.9 Å². The fraction of sp³-hybridized carbons (Fsp3) is 0.375. The van der Waals surface area contributed by atoms with Crippen LogP contribution in [0.5, 0.6) is 0 Å². The van der Waals surface area contributed by atoms with Crippen LogP contribution in [0.2, 0.25) is 0 Å². The summed E-state index contributed by atoms with van der Waals surface area (Å²) in [4.78, 5) is 23.9. The minimum Gasteiger partial charge on any atom is -0.368 e. The average Bonchev–Trinajstić information content (AvgIpc) is 2.52. The van der Waals surface area contributed by atoms with Gasteiger partial charge in [0.25, 0.3) is 0 Å². The lowest BCUT2D eigenvalue weighted by Crippen LogP contribution is -2.28. The third kappa shape index (κ3) is 5.90. The van der Waals surface area contributed by atoms with Crippen molar-refractivity contribution < 1.29 is 4.79 Å². The van der Waals surface area contributed by atoms with Gasteiger partial charge in [-0.15, -0.1) is 0 Å². The van der Waals surface area contributed by atoms with Gasteiger partial charge in [0.2, 0.25) is 5.91 Å². The highest BCUT2D eigenvalue weighted by atomic mass is 16.1. The Morgan fingerprint density at radius 3 is 2.65 bits per heavy atom. The minimum absolute atomic E-state index is 0.0739. The number of aryl methyl sites for hydroxylation is 1. The van der Waals surface area contributed by atoms with E-state index >= 15 is 0 Å². The van der Waals surface area contributed by atoms with Gasteiger partial charge in [0.05, 0.1) is 0 Å². The maximum absolute atomic E-state index is 11.4. The molecule has 0 bridgehead atoms. The van der Waals surface area contributed by atoms with Gasteiger partial charge in [0.15, 0.2) is 0 Å². The molecule has 2 rings (SSSR count). The zero-order valence-electron chi connectivity index (χ0n) is 13.5. The Morgan fingerprint density at radius 2 is 1.87 bits per heavy atom. The minimum atomic E-state index is 0.0739. The summed E-state index contributed by atoms with van der Waals surface area (Å²) in [5, 5.41) is 9.14. The molecule has 7 heteroatoms. The monoisotopic (exact) mass is 314 g/mol. The molecule has 1 amide bonds. The first-order valence-corrected chi connectivity index (χ1v) is 7.69. The topological polar surface area (TPSA) is 91.8 Å². The van der Waals surface area contributed by atoms with Crippen molar-refractivity contribution in [3.8, 4) is 0 Å². The summed E-state index contributed by atoms with van der Waals surface area (Å²) in [6.07, 6.45) is 4.64. The number of carbonyl (C=O) groups is 1. The van der Waals surface area contributed by atoms with Crippen molar-refractivity contribution in [2.45, 2.75) is 26.7 Å². The quantitative estimate of drug-likeness (QED) is 0.647. The Morgan fingerprint density at radius 1 is 1.09 bits per heavy atom. The second-order valence-electron chi connectivity index (χ2n) is 5.16. The zero-order chi connectivity index (χ0) is 16.5. The maximum Gasteiger partial charge on any atom is 0.220 e. The van der Waals surface area contributed by atoms with E-state index in [1.54, 1.807) is 12.3 Å². The summed E-state index contributed by atoms with van der Waals surface area (Å²) < 4.78 is 0. The van der Waals surface area contributed by atoms with E-state index in [0.29, 0.717) is 31.1 Å². The Balaban J connectivity index is 1.84. The number of hydrogen-bond donors (Lipinski definition) is 3. The summed E-state index contributed by atoms with van der Waals surface area (Å²) in [5.74, 6) is 2.17. The number of nitrogens with zero attached hydrogens (tertiary/aromatic N) is 3. The summed E-state index contributed by atoms with van der Waals surface area (Å²) in [6, 6.07) is 5.68. The molecule has 2 heterocycles. The number of carbonyl (C=O) groups excluding carboxylic acids is 1. The second-order valence-corrected chi connectivity index (χ2v) is 5.16. The van der Waals surface area contributed by atoms with E-state index in [0.717, 1.165) is 17.8 Å². The Hall–Kier alpha value is -2.70. The van der Waals surface area contributed by atoms with Crippen molar-refractivity contribution in [3.63, 3.8) is 0 Å². The molecule has 2 aromatic heterocycles. The number of aromatic nitrogens is 3. The first-order valence-electron chi connectivity index (χ1n) is 7.69. The van der Waals surface area contributed by atoms with Crippen LogP contribution >= 0.6 is 0 Å². The lowest BCUT2D eigenvalue weighted by molar-refractivity contribution is -0.121. The first kappa shape index (κ1) is 16.7. The van der Waals surface area contributed by atoms with Gasteiger partial charge < -0.3 is 16.0 Å². The molecule has 122 valence electrons. The van der Waals surface area contributed by atoms with Crippen LogP contribution in [0, 0.1) is 6.92 Å². The summed E-state index contributed by atoms with van der Waals surface area (Å²) in [5.41, 5.74) is 1.12. The Labute approximate surface area is 136 Å². The van der Waals surface area contributed by atoms with Gasteiger partial charge in [-0.2, -0.15) is 0 Å². The van der Waals surface area contributed by atoms with E-state index in [9.17, 15) is 4.79 Å². The number of amides is 1. The van der Waals surface area contributed by atoms with Crippen LogP contribution in [0.25, 0.3) is 0 Å². The lowest BCUT2D eigenvalue weighted by atomic mass is 10.3. The molecule has 2 aromatic rings. The predicted molar refractivity (Wildman–Crippen MR) is 90.7 cm³/mol. The molecule has 0 aromatic carbocycles. The third-order valence-electron chi connectivity index (χ3n) is 3.07. The number of nitrogens with one attached hydrogen (secondary N) is 3. The zero-order valence-corrected chi connectivity index (χ0v) is 13.5. The summed E-state index contributed by atoms with van der Waals surface area (Å²) in [6.45, 7) is 5.16. The molecule has 0 unspecified atom stereocenters. The van der Waals surface area contributed by atoms with E-state index < -0.39 is 0 Å². The van der Waals surface area contributed by atoms with Crippen LogP contribution in [0.1, 0.15) is 25.3 Å². The van der Waals surface area contributed by atoms with Gasteiger partial charge in [-0.25, -0.2) is 15.0 Å². The number of anilines is 3. The van der Waals surface area contributed by atoms with Gasteiger partial charge in [-0.3, -0.25) is 4.79 Å². The number of pyridine rings is 1. The van der Waals surface area contributed by atoms with E-state index in [4.69, 9.17) is 0 Å². The fourth-order valence-electron chi connectivity index (χ4n) is 1.97. The van der Waals surface area contributed by atoms with Crippen molar-refractivity contribution in [3.05, 3.63) is 36.3 Å². The molecule has 0 fully saturated rings. The van der Waals surface area contributed by atoms with E-state index in [1.165, 1.54) is 6.33 Å². The first-order chi connectivity index (χ1) is 11.2. The molecule has 0 aliphatic rings. The molecule has 0 atom stereocenters. The van der Waals surface area contributed by atoms with Crippen LogP contribution in [0.3, 0.4) is 0 Å². The molecule has 0 aliphatic heterocycles. The molecule has 0 saturated carbocycles. The fourth-order valence-corrected chi connectivity index (χ4v) is 1.97. The highest BCUT2D eigenvalue weighted by molar-refractivity contribution is 5.75. The maximum atomic E-state index is 11.4. The Bertz CT molecular complexity index is 646. The van der Waals surface area contributed by atoms with Crippen molar-refractivity contribution in [1.29, 1.82) is 0 Å². The standard InChI is InChI=1S/C16H22N6O/c1-3-4-16(23)19-8-7-18-13-10-15(21-11-20-13)22-14-9-12(2)5-6-17-14/h5-6,9-11H,3-4,7-8H2,1-2H3,(H,19,23)(H2,17,18,20,21,22). The molecular weight excluding hydrogens is 292 g/mol. The van der Waals surface area contributed by atoms with Crippen LogP contribution in [-0.4, -0.2) is 33.9 Å². The van der Waals surface area contributed by atoms with Crippen molar-refractivity contribution >= 4 is 23.4 Å². The van der Waals surface area contributed by atoms with Crippen LogP contribution in [0.4, 0.5) is 17.5 Å². The summed E-state index contributed by atoms with van der Waals surface area (Å²) >= 11 is 0. The second kappa shape index (κ2) is 8.67. The van der Waals surface area contributed by atoms with E-state index in [-0.39, 0.29) is 5.91 Å². The molecule has 0 saturated heterocycles. The number of rotatable bonds is 8. The highest BCUT2D eigenvalue weighted by Crippen LogP contribution is 2.14. The van der Waals surface area contributed by atoms with Gasteiger partial charge >= 0.3 is 0 Å². The number of hydrogen-bond acceptors (Lipinski definition) is 6. The lowest BCUT2D eigenvalue weighted by Gasteiger charge is -2.09. The van der Waals surface area contributed by atoms with Crippen LogP contribution in [0.15, 0.2) is 30.7 Å². The van der Waals surface area contributed by atoms with Crippen LogP contribution in [-0.2, 0) is 4.79 Å². The van der Waals surface area contributed by atoms with E-state index in [1.807, 2.05) is 26.0 Å². The largest absolute Gasteiger partial charge is 0.368 e. The third-order valence-corrected chi connectivity index (χ3v) is 3.07. The molecule has 7 nitrogen and oxygen atoms in total. The highest BCUT2D eigenvalue weighted by Gasteiger charge is 2.01. The smallest absolute Gasteiger partial charge is 0.220 e. The van der Waals surface area contributed by atoms with Gasteiger partial charge in [-0.05, 0) is 31.0 Å². The summed E-state index contributed by atoms with van der Waals surface area (Å²) in [7, 11) is 0. The Kier molecular flexibility index (Phi) is 6.28. The van der Waals surface area contributed by atoms with Gasteiger partial charge in [0, 0.05) is 31.8 Å². The molecule has 0 spiro atoms. The van der Waals surface area contributed by atoms with Gasteiger partial charge in [-0.1, -0.05) is 6.92 Å². The van der Waals surface area contributed by atoms with Crippen LogP contribution < -0.4 is 16.0 Å².